The second kappa shape index (κ2) is 7.36. The SMILES string of the molecule is CCc1ccc(C2SCC(=O)N2c2c(C)n(C)n(-c3ccccc3)c2=O)cc1. The number of nitrogens with zero attached hydrogens (tertiary/aromatic N) is 3. The molecule has 144 valence electrons. The van der Waals surface area contributed by atoms with Gasteiger partial charge in [0, 0.05) is 7.05 Å². The van der Waals surface area contributed by atoms with Crippen molar-refractivity contribution in [2.75, 3.05) is 10.7 Å². The Balaban J connectivity index is 1.82. The van der Waals surface area contributed by atoms with Crippen molar-refractivity contribution in [3.8, 4) is 5.69 Å². The third kappa shape index (κ3) is 2.98. The average molecular weight is 394 g/mol. The molecule has 1 atom stereocenters. The molecule has 1 aliphatic heterocycles. The molecule has 5 nitrogen and oxygen atoms in total. The number of carbonyl (C=O) groups excluding carboxylic acids is 1. The zero-order chi connectivity index (χ0) is 19.8. The van der Waals surface area contributed by atoms with E-state index in [-0.39, 0.29) is 16.8 Å². The molecular formula is C22H23N3O2S. The first kappa shape index (κ1) is 18.6. The molecule has 1 aliphatic rings. The summed E-state index contributed by atoms with van der Waals surface area (Å²) in [5, 5.41) is -0.184. The molecule has 1 fully saturated rings. The highest BCUT2D eigenvalue weighted by Crippen LogP contribution is 2.41. The lowest BCUT2D eigenvalue weighted by Crippen LogP contribution is -2.33. The van der Waals surface area contributed by atoms with Crippen molar-refractivity contribution in [1.82, 2.24) is 9.36 Å². The minimum absolute atomic E-state index is 0.0272. The van der Waals surface area contributed by atoms with Crippen LogP contribution in [-0.2, 0) is 18.3 Å². The standard InChI is InChI=1S/C22H23N3O2S/c1-4-16-10-12-17(13-11-16)22-24(19(26)14-28-22)20-15(2)23(3)25(21(20)27)18-8-6-5-7-9-18/h5-13,22H,4,14H2,1-3H3. The van der Waals surface area contributed by atoms with E-state index in [9.17, 15) is 9.59 Å². The van der Waals surface area contributed by atoms with Gasteiger partial charge in [0.25, 0.3) is 5.56 Å². The molecule has 6 heteroatoms. The van der Waals surface area contributed by atoms with E-state index in [0.29, 0.717) is 11.4 Å². The number of thioether (sulfide) groups is 1. The van der Waals surface area contributed by atoms with E-state index in [1.54, 1.807) is 21.3 Å². The summed E-state index contributed by atoms with van der Waals surface area (Å²) in [6, 6.07) is 17.8. The van der Waals surface area contributed by atoms with E-state index in [1.165, 1.54) is 5.56 Å². The minimum atomic E-state index is -0.184. The molecule has 0 bridgehead atoms. The normalized spacial score (nSPS) is 16.8. The van der Waals surface area contributed by atoms with E-state index in [0.717, 1.165) is 23.4 Å². The fraction of sp³-hybridized carbons (Fsp3) is 0.273. The van der Waals surface area contributed by atoms with E-state index >= 15 is 0 Å². The summed E-state index contributed by atoms with van der Waals surface area (Å²) >= 11 is 1.57. The quantitative estimate of drug-likeness (QED) is 0.677. The predicted octanol–water partition coefficient (Wildman–Crippen LogP) is 3.83. The number of hydrogen-bond acceptors (Lipinski definition) is 3. The molecule has 0 spiro atoms. The Morgan fingerprint density at radius 3 is 2.36 bits per heavy atom. The number of aromatic nitrogens is 2. The van der Waals surface area contributed by atoms with Crippen LogP contribution in [0.3, 0.4) is 0 Å². The number of hydrogen-bond donors (Lipinski definition) is 0. The van der Waals surface area contributed by atoms with Crippen LogP contribution in [0.2, 0.25) is 0 Å². The maximum Gasteiger partial charge on any atom is 0.295 e. The van der Waals surface area contributed by atoms with Gasteiger partial charge in [-0.2, -0.15) is 0 Å². The highest BCUT2D eigenvalue weighted by molar-refractivity contribution is 8.00. The summed E-state index contributed by atoms with van der Waals surface area (Å²) < 4.78 is 3.44. The number of aryl methyl sites for hydroxylation is 1. The van der Waals surface area contributed by atoms with Gasteiger partial charge >= 0.3 is 0 Å². The van der Waals surface area contributed by atoms with Gasteiger partial charge in [-0.25, -0.2) is 4.68 Å². The number of rotatable bonds is 4. The van der Waals surface area contributed by atoms with Gasteiger partial charge in [-0.05, 0) is 36.6 Å². The molecule has 4 rings (SSSR count). The summed E-state index contributed by atoms with van der Waals surface area (Å²) in [5.74, 6) is 0.347. The van der Waals surface area contributed by atoms with E-state index in [2.05, 4.69) is 31.2 Å². The maximum atomic E-state index is 13.4. The van der Waals surface area contributed by atoms with Crippen LogP contribution in [0.5, 0.6) is 0 Å². The van der Waals surface area contributed by atoms with Crippen LogP contribution in [-0.4, -0.2) is 21.0 Å². The van der Waals surface area contributed by atoms with Gasteiger partial charge in [0.1, 0.15) is 11.1 Å². The number of amides is 1. The van der Waals surface area contributed by atoms with Crippen molar-refractivity contribution in [2.24, 2.45) is 7.05 Å². The van der Waals surface area contributed by atoms with Crippen molar-refractivity contribution in [1.29, 1.82) is 0 Å². The molecular weight excluding hydrogens is 370 g/mol. The third-order valence-electron chi connectivity index (χ3n) is 5.31. The van der Waals surface area contributed by atoms with Crippen LogP contribution in [0.25, 0.3) is 5.69 Å². The zero-order valence-corrected chi connectivity index (χ0v) is 17.1. The van der Waals surface area contributed by atoms with Crippen LogP contribution in [0.1, 0.15) is 29.1 Å². The maximum absolute atomic E-state index is 13.4. The fourth-order valence-electron chi connectivity index (χ4n) is 3.66. The Morgan fingerprint density at radius 2 is 1.71 bits per heavy atom. The predicted molar refractivity (Wildman–Crippen MR) is 114 cm³/mol. The molecule has 0 N–H and O–H groups in total. The molecule has 1 amide bonds. The lowest BCUT2D eigenvalue weighted by molar-refractivity contribution is -0.115. The lowest BCUT2D eigenvalue weighted by Gasteiger charge is -2.23. The molecule has 1 saturated heterocycles. The third-order valence-corrected chi connectivity index (χ3v) is 6.52. The monoisotopic (exact) mass is 393 g/mol. The largest absolute Gasteiger partial charge is 0.295 e. The van der Waals surface area contributed by atoms with Crippen molar-refractivity contribution in [3.63, 3.8) is 0 Å². The zero-order valence-electron chi connectivity index (χ0n) is 16.3. The first-order chi connectivity index (χ1) is 13.5. The van der Waals surface area contributed by atoms with Crippen molar-refractivity contribution >= 4 is 23.4 Å². The number of carbonyl (C=O) groups is 1. The van der Waals surface area contributed by atoms with Crippen LogP contribution >= 0.6 is 11.8 Å². The smallest absolute Gasteiger partial charge is 0.288 e. The number of anilines is 1. The van der Waals surface area contributed by atoms with Gasteiger partial charge in [-0.15, -0.1) is 11.8 Å². The molecule has 1 aromatic heterocycles. The summed E-state index contributed by atoms with van der Waals surface area (Å²) in [6.45, 7) is 4.01. The Kier molecular flexibility index (Phi) is 4.89. The van der Waals surface area contributed by atoms with Gasteiger partial charge < -0.3 is 0 Å². The Bertz CT molecular complexity index is 1070. The highest BCUT2D eigenvalue weighted by atomic mass is 32.2. The van der Waals surface area contributed by atoms with Crippen LogP contribution < -0.4 is 10.5 Å². The Labute approximate surface area is 168 Å². The number of para-hydroxylation sites is 1. The van der Waals surface area contributed by atoms with Crippen molar-refractivity contribution in [3.05, 3.63) is 81.8 Å². The van der Waals surface area contributed by atoms with Gasteiger partial charge in [0.2, 0.25) is 5.91 Å². The van der Waals surface area contributed by atoms with Gasteiger partial charge in [-0.3, -0.25) is 19.2 Å². The molecule has 2 heterocycles. The molecule has 0 aliphatic carbocycles. The molecule has 0 radical (unpaired) electrons. The summed E-state index contributed by atoms with van der Waals surface area (Å²) in [5.41, 5.74) is 4.16. The van der Waals surface area contributed by atoms with E-state index in [1.807, 2.05) is 49.0 Å². The molecule has 0 saturated carbocycles. The van der Waals surface area contributed by atoms with Gasteiger partial charge in [0.15, 0.2) is 0 Å². The van der Waals surface area contributed by atoms with E-state index in [4.69, 9.17) is 0 Å². The second-order valence-electron chi connectivity index (χ2n) is 6.93. The first-order valence-corrected chi connectivity index (χ1v) is 10.4. The molecule has 2 aromatic carbocycles. The van der Waals surface area contributed by atoms with Crippen LogP contribution in [0.15, 0.2) is 59.4 Å². The summed E-state index contributed by atoms with van der Waals surface area (Å²) in [6.07, 6.45) is 0.973. The molecule has 1 unspecified atom stereocenters. The van der Waals surface area contributed by atoms with Crippen LogP contribution in [0.4, 0.5) is 5.69 Å². The molecule has 28 heavy (non-hydrogen) atoms. The highest BCUT2D eigenvalue weighted by Gasteiger charge is 2.38. The fourth-order valence-corrected chi connectivity index (χ4v) is 4.82. The lowest BCUT2D eigenvalue weighted by atomic mass is 10.1. The summed E-state index contributed by atoms with van der Waals surface area (Å²) in [7, 11) is 1.85. The number of benzene rings is 2. The van der Waals surface area contributed by atoms with Crippen molar-refractivity contribution < 1.29 is 4.79 Å². The topological polar surface area (TPSA) is 47.2 Å². The molecule has 3 aromatic rings. The van der Waals surface area contributed by atoms with Gasteiger partial charge in [-0.1, -0.05) is 49.4 Å². The van der Waals surface area contributed by atoms with Gasteiger partial charge in [0.05, 0.1) is 17.1 Å². The first-order valence-electron chi connectivity index (χ1n) is 9.39. The van der Waals surface area contributed by atoms with E-state index < -0.39 is 0 Å². The Hall–Kier alpha value is -2.73. The Morgan fingerprint density at radius 1 is 1.04 bits per heavy atom. The second-order valence-corrected chi connectivity index (χ2v) is 8.00. The minimum Gasteiger partial charge on any atom is -0.288 e. The summed E-state index contributed by atoms with van der Waals surface area (Å²) in [4.78, 5) is 27.8. The van der Waals surface area contributed by atoms with Crippen LogP contribution in [0, 0.1) is 6.92 Å². The average Bonchev–Trinajstić information content (AvgIpc) is 3.19. The van der Waals surface area contributed by atoms with Crippen molar-refractivity contribution in [2.45, 2.75) is 25.6 Å².